The second-order valence-corrected chi connectivity index (χ2v) is 5.99. The Morgan fingerprint density at radius 2 is 2.33 bits per heavy atom. The number of halogens is 1. The minimum absolute atomic E-state index is 0.102. The SMILES string of the molecule is CC(C(=O)N1CCCSc2ccc(F)cc21)n1cncn1. The molecule has 0 saturated carbocycles. The fourth-order valence-corrected chi connectivity index (χ4v) is 3.31. The van der Waals surface area contributed by atoms with Gasteiger partial charge in [-0.05, 0) is 37.3 Å². The number of amides is 1. The highest BCUT2D eigenvalue weighted by Crippen LogP contribution is 2.35. The third kappa shape index (κ3) is 2.78. The number of hydrogen-bond acceptors (Lipinski definition) is 4. The molecule has 0 N–H and O–H groups in total. The van der Waals surface area contributed by atoms with Gasteiger partial charge in [-0.25, -0.2) is 14.1 Å². The van der Waals surface area contributed by atoms with E-state index in [0.717, 1.165) is 17.1 Å². The Hall–Kier alpha value is -1.89. The van der Waals surface area contributed by atoms with E-state index in [1.165, 1.54) is 29.5 Å². The van der Waals surface area contributed by atoms with Crippen molar-refractivity contribution in [2.24, 2.45) is 0 Å². The van der Waals surface area contributed by atoms with Crippen molar-refractivity contribution >= 4 is 23.4 Å². The van der Waals surface area contributed by atoms with Gasteiger partial charge in [0.05, 0.1) is 5.69 Å². The van der Waals surface area contributed by atoms with Crippen LogP contribution in [-0.2, 0) is 4.79 Å². The van der Waals surface area contributed by atoms with Crippen molar-refractivity contribution < 1.29 is 9.18 Å². The highest BCUT2D eigenvalue weighted by Gasteiger charge is 2.27. The molecular weight excluding hydrogens is 291 g/mol. The lowest BCUT2D eigenvalue weighted by atomic mass is 10.2. The number of hydrogen-bond donors (Lipinski definition) is 0. The lowest BCUT2D eigenvalue weighted by Gasteiger charge is -2.25. The molecule has 2 heterocycles. The summed E-state index contributed by atoms with van der Waals surface area (Å²) in [6, 6.07) is 4.13. The molecule has 0 fully saturated rings. The van der Waals surface area contributed by atoms with Crippen LogP contribution in [0.5, 0.6) is 0 Å². The third-order valence-corrected chi connectivity index (χ3v) is 4.60. The molecule has 1 aliphatic heterocycles. The Bertz CT molecular complexity index is 646. The Labute approximate surface area is 126 Å². The maximum Gasteiger partial charge on any atom is 0.251 e. The number of rotatable bonds is 2. The van der Waals surface area contributed by atoms with Crippen LogP contribution in [0.1, 0.15) is 19.4 Å². The lowest BCUT2D eigenvalue weighted by Crippen LogP contribution is -2.37. The van der Waals surface area contributed by atoms with Crippen LogP contribution in [-0.4, -0.2) is 33.0 Å². The molecule has 1 aromatic heterocycles. The van der Waals surface area contributed by atoms with Gasteiger partial charge in [-0.2, -0.15) is 5.10 Å². The Balaban J connectivity index is 1.94. The van der Waals surface area contributed by atoms with Crippen molar-refractivity contribution in [3.8, 4) is 0 Å². The van der Waals surface area contributed by atoms with Crippen molar-refractivity contribution in [3.63, 3.8) is 0 Å². The first-order valence-corrected chi connectivity index (χ1v) is 7.73. The molecule has 21 heavy (non-hydrogen) atoms. The summed E-state index contributed by atoms with van der Waals surface area (Å²) < 4.78 is 15.1. The zero-order valence-electron chi connectivity index (χ0n) is 11.6. The minimum Gasteiger partial charge on any atom is -0.309 e. The van der Waals surface area contributed by atoms with Crippen LogP contribution in [0.2, 0.25) is 0 Å². The van der Waals surface area contributed by atoms with E-state index < -0.39 is 6.04 Å². The van der Waals surface area contributed by atoms with Gasteiger partial charge in [0.1, 0.15) is 24.5 Å². The zero-order valence-corrected chi connectivity index (χ0v) is 12.4. The quantitative estimate of drug-likeness (QED) is 0.855. The van der Waals surface area contributed by atoms with E-state index in [2.05, 4.69) is 10.1 Å². The van der Waals surface area contributed by atoms with Gasteiger partial charge in [0.15, 0.2) is 0 Å². The highest BCUT2D eigenvalue weighted by molar-refractivity contribution is 7.99. The molecule has 7 heteroatoms. The molecule has 1 atom stereocenters. The summed E-state index contributed by atoms with van der Waals surface area (Å²) in [4.78, 5) is 19.2. The van der Waals surface area contributed by atoms with E-state index in [-0.39, 0.29) is 11.7 Å². The Kier molecular flexibility index (Phi) is 3.92. The van der Waals surface area contributed by atoms with Gasteiger partial charge in [-0.3, -0.25) is 4.79 Å². The molecule has 1 aromatic carbocycles. The molecule has 1 unspecified atom stereocenters. The third-order valence-electron chi connectivity index (χ3n) is 3.45. The van der Waals surface area contributed by atoms with Crippen molar-refractivity contribution in [1.82, 2.24) is 14.8 Å². The largest absolute Gasteiger partial charge is 0.309 e. The maximum atomic E-state index is 13.6. The molecule has 110 valence electrons. The lowest BCUT2D eigenvalue weighted by molar-refractivity contribution is -0.121. The Morgan fingerprint density at radius 1 is 1.48 bits per heavy atom. The van der Waals surface area contributed by atoms with E-state index >= 15 is 0 Å². The molecule has 1 amide bonds. The highest BCUT2D eigenvalue weighted by atomic mass is 32.2. The first-order chi connectivity index (χ1) is 10.2. The van der Waals surface area contributed by atoms with Crippen molar-refractivity contribution in [2.45, 2.75) is 24.3 Å². The summed E-state index contributed by atoms with van der Waals surface area (Å²) in [6.07, 6.45) is 3.79. The molecule has 0 radical (unpaired) electrons. The van der Waals surface area contributed by atoms with Gasteiger partial charge in [0.2, 0.25) is 0 Å². The maximum absolute atomic E-state index is 13.6. The minimum atomic E-state index is -0.466. The fraction of sp³-hybridized carbons (Fsp3) is 0.357. The van der Waals surface area contributed by atoms with Gasteiger partial charge in [-0.1, -0.05) is 0 Å². The van der Waals surface area contributed by atoms with E-state index in [0.29, 0.717) is 12.2 Å². The van der Waals surface area contributed by atoms with Crippen molar-refractivity contribution in [1.29, 1.82) is 0 Å². The second kappa shape index (κ2) is 5.85. The standard InChI is InChI=1S/C14H15FN4OS/c1-10(19-9-16-8-17-19)14(20)18-5-2-6-21-13-4-3-11(15)7-12(13)18/h3-4,7-10H,2,5-6H2,1H3. The molecular formula is C14H15FN4OS. The van der Waals surface area contributed by atoms with Crippen LogP contribution < -0.4 is 4.90 Å². The monoisotopic (exact) mass is 306 g/mol. The van der Waals surface area contributed by atoms with Gasteiger partial charge < -0.3 is 4.90 Å². The summed E-state index contributed by atoms with van der Waals surface area (Å²) in [6.45, 7) is 2.36. The molecule has 3 rings (SSSR count). The number of benzene rings is 1. The Morgan fingerprint density at radius 3 is 3.10 bits per heavy atom. The molecule has 0 aliphatic carbocycles. The topological polar surface area (TPSA) is 51.0 Å². The molecule has 2 aromatic rings. The predicted molar refractivity (Wildman–Crippen MR) is 78.8 cm³/mol. The first-order valence-electron chi connectivity index (χ1n) is 6.74. The van der Waals surface area contributed by atoms with Gasteiger partial charge in [-0.15, -0.1) is 11.8 Å². The number of fused-ring (bicyclic) bond motifs is 1. The smallest absolute Gasteiger partial charge is 0.251 e. The second-order valence-electron chi connectivity index (χ2n) is 4.86. The summed E-state index contributed by atoms with van der Waals surface area (Å²) in [7, 11) is 0. The van der Waals surface area contributed by atoms with Crippen LogP contribution >= 0.6 is 11.8 Å². The number of aromatic nitrogens is 3. The van der Waals surface area contributed by atoms with E-state index in [1.807, 2.05) is 0 Å². The van der Waals surface area contributed by atoms with Crippen LogP contribution in [0.3, 0.4) is 0 Å². The van der Waals surface area contributed by atoms with Gasteiger partial charge >= 0.3 is 0 Å². The number of carbonyl (C=O) groups excluding carboxylic acids is 1. The van der Waals surface area contributed by atoms with Gasteiger partial charge in [0, 0.05) is 11.4 Å². The molecule has 0 saturated heterocycles. The van der Waals surface area contributed by atoms with Crippen LogP contribution in [0.15, 0.2) is 35.7 Å². The summed E-state index contributed by atoms with van der Waals surface area (Å²) >= 11 is 1.65. The van der Waals surface area contributed by atoms with E-state index in [1.54, 1.807) is 29.7 Å². The summed E-state index contributed by atoms with van der Waals surface area (Å²) in [5, 5.41) is 4.01. The van der Waals surface area contributed by atoms with E-state index in [9.17, 15) is 9.18 Å². The summed E-state index contributed by atoms with van der Waals surface area (Å²) in [5.74, 6) is 0.484. The fourth-order valence-electron chi connectivity index (χ4n) is 2.33. The number of carbonyl (C=O) groups is 1. The summed E-state index contributed by atoms with van der Waals surface area (Å²) in [5.41, 5.74) is 0.648. The van der Waals surface area contributed by atoms with Crippen LogP contribution in [0, 0.1) is 5.82 Å². The first kappa shape index (κ1) is 14.1. The molecule has 0 spiro atoms. The number of thioether (sulfide) groups is 1. The molecule has 5 nitrogen and oxygen atoms in total. The number of anilines is 1. The zero-order chi connectivity index (χ0) is 14.8. The van der Waals surface area contributed by atoms with Crippen LogP contribution in [0.4, 0.5) is 10.1 Å². The average Bonchev–Trinajstić information content (AvgIpc) is 2.94. The van der Waals surface area contributed by atoms with Crippen molar-refractivity contribution in [2.75, 3.05) is 17.2 Å². The van der Waals surface area contributed by atoms with Gasteiger partial charge in [0.25, 0.3) is 5.91 Å². The molecule has 1 aliphatic rings. The average molecular weight is 306 g/mol. The van der Waals surface area contributed by atoms with Crippen LogP contribution in [0.25, 0.3) is 0 Å². The number of nitrogens with zero attached hydrogens (tertiary/aromatic N) is 4. The normalized spacial score (nSPS) is 16.2. The predicted octanol–water partition coefficient (Wildman–Crippen LogP) is 2.51. The molecule has 0 bridgehead atoms. The van der Waals surface area contributed by atoms with E-state index in [4.69, 9.17) is 0 Å². The van der Waals surface area contributed by atoms with Crippen molar-refractivity contribution in [3.05, 3.63) is 36.7 Å².